The third-order valence-electron chi connectivity index (χ3n) is 3.62. The minimum Gasteiger partial charge on any atom is -0.301 e. The van der Waals surface area contributed by atoms with Crippen LogP contribution >= 0.6 is 0 Å². The van der Waals surface area contributed by atoms with Crippen LogP contribution in [-0.2, 0) is 6.42 Å². The Morgan fingerprint density at radius 2 is 1.74 bits per heavy atom. The number of nitriles is 1. The predicted octanol–water partition coefficient (Wildman–Crippen LogP) is 4.04. The second-order valence-electron chi connectivity index (χ2n) is 5.80. The summed E-state index contributed by atoms with van der Waals surface area (Å²) < 4.78 is 0. The zero-order chi connectivity index (χ0) is 14.4. The largest absolute Gasteiger partial charge is 0.301 e. The fraction of sp³-hybridized carbons (Fsp3) is 0.588. The molecule has 0 bridgehead atoms. The number of benzene rings is 1. The molecule has 2 nitrogen and oxygen atoms in total. The van der Waals surface area contributed by atoms with Gasteiger partial charge in [-0.15, -0.1) is 0 Å². The SMILES string of the molecule is CCCc1ccc(C(C(C#N)C(C)C)N(C)C)cc1. The summed E-state index contributed by atoms with van der Waals surface area (Å²) in [5, 5.41) is 9.44. The Balaban J connectivity index is 3.03. The first kappa shape index (κ1) is 15.7. The Morgan fingerprint density at radius 3 is 2.11 bits per heavy atom. The van der Waals surface area contributed by atoms with Crippen molar-refractivity contribution >= 4 is 0 Å². The molecule has 0 saturated carbocycles. The first-order valence-corrected chi connectivity index (χ1v) is 7.16. The van der Waals surface area contributed by atoms with Crippen molar-refractivity contribution in [2.45, 2.75) is 39.7 Å². The van der Waals surface area contributed by atoms with Crippen molar-refractivity contribution < 1.29 is 0 Å². The fourth-order valence-corrected chi connectivity index (χ4v) is 2.58. The zero-order valence-electron chi connectivity index (χ0n) is 12.9. The second-order valence-corrected chi connectivity index (χ2v) is 5.80. The minimum atomic E-state index is 0.0204. The average molecular weight is 258 g/mol. The summed E-state index contributed by atoms with van der Waals surface area (Å²) in [6, 6.07) is 11.4. The maximum atomic E-state index is 9.44. The molecular weight excluding hydrogens is 232 g/mol. The number of hydrogen-bond donors (Lipinski definition) is 0. The Bertz CT molecular complexity index is 412. The van der Waals surface area contributed by atoms with E-state index in [-0.39, 0.29) is 12.0 Å². The second kappa shape index (κ2) is 7.31. The standard InChI is InChI=1S/C17H26N2/c1-6-7-14-8-10-15(11-9-14)17(19(4)5)16(12-18)13(2)3/h8-11,13,16-17H,6-7H2,1-5H3. The molecule has 19 heavy (non-hydrogen) atoms. The lowest BCUT2D eigenvalue weighted by atomic mass is 9.84. The van der Waals surface area contributed by atoms with E-state index in [0.29, 0.717) is 5.92 Å². The van der Waals surface area contributed by atoms with Crippen LogP contribution in [0, 0.1) is 23.2 Å². The van der Waals surface area contributed by atoms with Gasteiger partial charge in [-0.3, -0.25) is 0 Å². The molecule has 0 spiro atoms. The summed E-state index contributed by atoms with van der Waals surface area (Å²) in [5.74, 6) is 0.375. The van der Waals surface area contributed by atoms with Gasteiger partial charge in [0.15, 0.2) is 0 Å². The molecule has 0 amide bonds. The molecule has 1 rings (SSSR count). The van der Waals surface area contributed by atoms with E-state index in [1.165, 1.54) is 17.5 Å². The van der Waals surface area contributed by atoms with Crippen LogP contribution in [0.4, 0.5) is 0 Å². The first-order valence-electron chi connectivity index (χ1n) is 7.16. The normalized spacial score (nSPS) is 14.4. The van der Waals surface area contributed by atoms with E-state index in [9.17, 15) is 5.26 Å². The molecule has 0 saturated heterocycles. The molecule has 0 heterocycles. The number of nitrogens with zero attached hydrogens (tertiary/aromatic N) is 2. The lowest BCUT2D eigenvalue weighted by Crippen LogP contribution is -2.29. The van der Waals surface area contributed by atoms with Crippen molar-refractivity contribution in [3.05, 3.63) is 35.4 Å². The van der Waals surface area contributed by atoms with Gasteiger partial charge in [-0.2, -0.15) is 5.26 Å². The Kier molecular flexibility index (Phi) is 6.05. The predicted molar refractivity (Wildman–Crippen MR) is 80.8 cm³/mol. The molecule has 0 aromatic heterocycles. The molecule has 0 aliphatic heterocycles. The monoisotopic (exact) mass is 258 g/mol. The Labute approximate surface area is 118 Å². The van der Waals surface area contributed by atoms with Crippen LogP contribution in [0.25, 0.3) is 0 Å². The molecule has 2 unspecified atom stereocenters. The number of hydrogen-bond acceptors (Lipinski definition) is 2. The van der Waals surface area contributed by atoms with Crippen molar-refractivity contribution in [2.75, 3.05) is 14.1 Å². The van der Waals surface area contributed by atoms with Crippen LogP contribution in [0.5, 0.6) is 0 Å². The Hall–Kier alpha value is -1.33. The summed E-state index contributed by atoms with van der Waals surface area (Å²) in [4.78, 5) is 2.16. The summed E-state index contributed by atoms with van der Waals surface area (Å²) in [5.41, 5.74) is 2.62. The van der Waals surface area contributed by atoms with Crippen LogP contribution in [0.1, 0.15) is 44.4 Å². The van der Waals surface area contributed by atoms with Gasteiger partial charge in [0.2, 0.25) is 0 Å². The van der Waals surface area contributed by atoms with Gasteiger partial charge in [-0.25, -0.2) is 0 Å². The van der Waals surface area contributed by atoms with Crippen molar-refractivity contribution in [3.8, 4) is 6.07 Å². The molecule has 0 aliphatic carbocycles. The molecular formula is C17H26N2. The van der Waals surface area contributed by atoms with E-state index < -0.39 is 0 Å². The van der Waals surface area contributed by atoms with Crippen LogP contribution < -0.4 is 0 Å². The fourth-order valence-electron chi connectivity index (χ4n) is 2.58. The lowest BCUT2D eigenvalue weighted by Gasteiger charge is -2.31. The van der Waals surface area contributed by atoms with Crippen molar-refractivity contribution in [2.24, 2.45) is 11.8 Å². The molecule has 0 fully saturated rings. The van der Waals surface area contributed by atoms with Gasteiger partial charge in [0.25, 0.3) is 0 Å². The number of rotatable bonds is 6. The van der Waals surface area contributed by atoms with Crippen LogP contribution in [0.3, 0.4) is 0 Å². The van der Waals surface area contributed by atoms with Crippen LogP contribution in [0.15, 0.2) is 24.3 Å². The lowest BCUT2D eigenvalue weighted by molar-refractivity contribution is 0.210. The van der Waals surface area contributed by atoms with Crippen LogP contribution in [-0.4, -0.2) is 19.0 Å². The minimum absolute atomic E-state index is 0.0204. The number of aryl methyl sites for hydroxylation is 1. The van der Waals surface area contributed by atoms with Gasteiger partial charge in [0.05, 0.1) is 18.0 Å². The topological polar surface area (TPSA) is 27.0 Å². The summed E-state index contributed by atoms with van der Waals surface area (Å²) in [6.07, 6.45) is 2.29. The highest BCUT2D eigenvalue weighted by molar-refractivity contribution is 5.27. The van der Waals surface area contributed by atoms with E-state index in [0.717, 1.165) is 6.42 Å². The third-order valence-corrected chi connectivity index (χ3v) is 3.62. The highest BCUT2D eigenvalue weighted by Crippen LogP contribution is 2.31. The van der Waals surface area contributed by atoms with E-state index in [4.69, 9.17) is 0 Å². The summed E-state index contributed by atoms with van der Waals surface area (Å²) in [7, 11) is 4.11. The van der Waals surface area contributed by atoms with Gasteiger partial charge in [0, 0.05) is 0 Å². The van der Waals surface area contributed by atoms with E-state index in [1.54, 1.807) is 0 Å². The molecule has 2 heteroatoms. The van der Waals surface area contributed by atoms with E-state index in [1.807, 2.05) is 0 Å². The van der Waals surface area contributed by atoms with Gasteiger partial charge in [-0.1, -0.05) is 51.5 Å². The molecule has 0 radical (unpaired) electrons. The summed E-state index contributed by atoms with van der Waals surface area (Å²) in [6.45, 7) is 6.44. The van der Waals surface area contributed by atoms with Gasteiger partial charge >= 0.3 is 0 Å². The maximum Gasteiger partial charge on any atom is 0.0683 e. The zero-order valence-corrected chi connectivity index (χ0v) is 12.9. The van der Waals surface area contributed by atoms with Gasteiger partial charge < -0.3 is 4.90 Å². The van der Waals surface area contributed by atoms with E-state index in [2.05, 4.69) is 70.1 Å². The maximum absolute atomic E-state index is 9.44. The molecule has 0 aliphatic rings. The third kappa shape index (κ3) is 4.08. The highest BCUT2D eigenvalue weighted by Gasteiger charge is 2.27. The van der Waals surface area contributed by atoms with Gasteiger partial charge in [-0.05, 0) is 37.6 Å². The van der Waals surface area contributed by atoms with Crippen molar-refractivity contribution in [1.29, 1.82) is 5.26 Å². The highest BCUT2D eigenvalue weighted by atomic mass is 15.1. The van der Waals surface area contributed by atoms with Crippen molar-refractivity contribution in [3.63, 3.8) is 0 Å². The molecule has 104 valence electrons. The summed E-state index contributed by atoms with van der Waals surface area (Å²) >= 11 is 0. The van der Waals surface area contributed by atoms with E-state index >= 15 is 0 Å². The molecule has 0 N–H and O–H groups in total. The quantitative estimate of drug-likeness (QED) is 0.770. The molecule has 1 aromatic carbocycles. The van der Waals surface area contributed by atoms with Crippen LogP contribution in [0.2, 0.25) is 0 Å². The smallest absolute Gasteiger partial charge is 0.0683 e. The molecule has 2 atom stereocenters. The first-order chi connectivity index (χ1) is 9.01. The average Bonchev–Trinajstić information content (AvgIpc) is 2.36. The molecule has 1 aromatic rings. The van der Waals surface area contributed by atoms with Gasteiger partial charge in [0.1, 0.15) is 0 Å². The van der Waals surface area contributed by atoms with Crippen molar-refractivity contribution in [1.82, 2.24) is 4.90 Å². The Morgan fingerprint density at radius 1 is 1.16 bits per heavy atom.